The second kappa shape index (κ2) is 5.16. The molecule has 1 fully saturated rings. The fourth-order valence-corrected chi connectivity index (χ4v) is 2.37. The van der Waals surface area contributed by atoms with Gasteiger partial charge >= 0.3 is 0 Å². The second-order valence-corrected chi connectivity index (χ2v) is 5.12. The lowest BCUT2D eigenvalue weighted by molar-refractivity contribution is 0.198. The van der Waals surface area contributed by atoms with E-state index in [0.29, 0.717) is 36.3 Å². The van der Waals surface area contributed by atoms with Crippen molar-refractivity contribution in [2.24, 2.45) is 0 Å². The van der Waals surface area contributed by atoms with Crippen molar-refractivity contribution >= 4 is 17.5 Å². The Labute approximate surface area is 121 Å². The van der Waals surface area contributed by atoms with E-state index in [1.165, 1.54) is 0 Å². The van der Waals surface area contributed by atoms with Crippen molar-refractivity contribution in [2.45, 2.75) is 12.5 Å². The SMILES string of the molecule is N#Cc1nc(-c2ccc(Cl)cc2)oc1N1CCC(O)C1. The average molecular weight is 290 g/mol. The number of rotatable bonds is 2. The number of β-amino-alcohol motifs (C(OH)–C–C–N with tert-alkyl or cyclic N) is 1. The summed E-state index contributed by atoms with van der Waals surface area (Å²) in [6.45, 7) is 1.12. The molecule has 0 radical (unpaired) electrons. The number of aliphatic hydroxyl groups excluding tert-OH is 1. The third-order valence-corrected chi connectivity index (χ3v) is 3.51. The molecule has 2 heterocycles. The molecule has 0 amide bonds. The Kier molecular flexibility index (Phi) is 3.35. The van der Waals surface area contributed by atoms with Crippen molar-refractivity contribution < 1.29 is 9.52 Å². The van der Waals surface area contributed by atoms with Gasteiger partial charge in [-0.3, -0.25) is 0 Å². The Balaban J connectivity index is 1.96. The van der Waals surface area contributed by atoms with Crippen LogP contribution in [0, 0.1) is 11.3 Å². The number of anilines is 1. The van der Waals surface area contributed by atoms with E-state index in [2.05, 4.69) is 4.98 Å². The molecule has 0 bridgehead atoms. The summed E-state index contributed by atoms with van der Waals surface area (Å²) in [6.07, 6.45) is 0.285. The molecule has 1 aromatic heterocycles. The van der Waals surface area contributed by atoms with Gasteiger partial charge in [0, 0.05) is 23.7 Å². The lowest BCUT2D eigenvalue weighted by Crippen LogP contribution is -2.21. The first-order valence-electron chi connectivity index (χ1n) is 6.27. The number of benzene rings is 1. The summed E-state index contributed by atoms with van der Waals surface area (Å²) in [7, 11) is 0. The molecule has 0 aliphatic carbocycles. The first-order chi connectivity index (χ1) is 9.67. The van der Waals surface area contributed by atoms with Gasteiger partial charge in [0.1, 0.15) is 6.07 Å². The maximum atomic E-state index is 9.58. The topological polar surface area (TPSA) is 73.3 Å². The van der Waals surface area contributed by atoms with Crippen LogP contribution >= 0.6 is 11.6 Å². The summed E-state index contributed by atoms with van der Waals surface area (Å²) in [5, 5.41) is 19.4. The molecule has 1 aliphatic heterocycles. The molecule has 2 aromatic rings. The van der Waals surface area contributed by atoms with Gasteiger partial charge in [-0.25, -0.2) is 0 Å². The number of hydrogen-bond donors (Lipinski definition) is 1. The molecule has 1 atom stereocenters. The van der Waals surface area contributed by atoms with Crippen LogP contribution in [0.4, 0.5) is 5.88 Å². The molecule has 0 spiro atoms. The van der Waals surface area contributed by atoms with Gasteiger partial charge in [0.15, 0.2) is 0 Å². The second-order valence-electron chi connectivity index (χ2n) is 4.68. The minimum absolute atomic E-state index is 0.240. The number of hydrogen-bond acceptors (Lipinski definition) is 5. The molecule has 6 heteroatoms. The molecule has 20 heavy (non-hydrogen) atoms. The fourth-order valence-electron chi connectivity index (χ4n) is 2.24. The minimum atomic E-state index is -0.384. The van der Waals surface area contributed by atoms with E-state index in [1.54, 1.807) is 24.3 Å². The lowest BCUT2D eigenvalue weighted by atomic mass is 10.2. The Morgan fingerprint density at radius 1 is 1.40 bits per heavy atom. The van der Waals surface area contributed by atoms with Crippen LogP contribution < -0.4 is 4.90 Å². The van der Waals surface area contributed by atoms with E-state index in [9.17, 15) is 5.11 Å². The quantitative estimate of drug-likeness (QED) is 0.919. The summed E-state index contributed by atoms with van der Waals surface area (Å²) >= 11 is 5.84. The number of nitrogens with zero attached hydrogens (tertiary/aromatic N) is 3. The van der Waals surface area contributed by atoms with Gasteiger partial charge in [-0.2, -0.15) is 10.2 Å². The molecule has 5 nitrogen and oxygen atoms in total. The third kappa shape index (κ3) is 2.36. The molecule has 3 rings (SSSR count). The molecule has 1 saturated heterocycles. The van der Waals surface area contributed by atoms with E-state index in [-0.39, 0.29) is 11.8 Å². The third-order valence-electron chi connectivity index (χ3n) is 3.26. The largest absolute Gasteiger partial charge is 0.419 e. The molecular formula is C14H12ClN3O2. The molecule has 1 aliphatic rings. The molecule has 1 unspecified atom stereocenters. The summed E-state index contributed by atoms with van der Waals surface area (Å²) in [4.78, 5) is 6.05. The monoisotopic (exact) mass is 289 g/mol. The predicted octanol–water partition coefficient (Wildman–Crippen LogP) is 2.44. The standard InChI is InChI=1S/C14H12ClN3O2/c15-10-3-1-9(2-4-10)13-17-12(7-16)14(20-13)18-6-5-11(19)8-18/h1-4,11,19H,5-6,8H2. The lowest BCUT2D eigenvalue weighted by Gasteiger charge is -2.13. The number of nitriles is 1. The van der Waals surface area contributed by atoms with E-state index in [1.807, 2.05) is 11.0 Å². The van der Waals surface area contributed by atoms with E-state index in [4.69, 9.17) is 21.3 Å². The van der Waals surface area contributed by atoms with Gasteiger partial charge in [0.05, 0.1) is 6.10 Å². The first-order valence-corrected chi connectivity index (χ1v) is 6.65. The normalized spacial score (nSPS) is 18.2. The zero-order valence-corrected chi connectivity index (χ0v) is 11.3. The summed E-state index contributed by atoms with van der Waals surface area (Å²) < 4.78 is 5.70. The van der Waals surface area contributed by atoms with Gasteiger partial charge in [-0.1, -0.05) is 11.6 Å². The Hall–Kier alpha value is -2.03. The molecule has 1 aromatic carbocycles. The Bertz CT molecular complexity index is 660. The number of halogens is 1. The molecule has 1 N–H and O–H groups in total. The van der Waals surface area contributed by atoms with E-state index >= 15 is 0 Å². The van der Waals surface area contributed by atoms with Crippen LogP contribution in [0.1, 0.15) is 12.1 Å². The van der Waals surface area contributed by atoms with Gasteiger partial charge in [-0.15, -0.1) is 0 Å². The zero-order valence-electron chi connectivity index (χ0n) is 10.6. The molecule has 102 valence electrons. The minimum Gasteiger partial charge on any atom is -0.419 e. The summed E-state index contributed by atoms with van der Waals surface area (Å²) in [5.41, 5.74) is 1.00. The predicted molar refractivity (Wildman–Crippen MR) is 74.5 cm³/mol. The average Bonchev–Trinajstić information content (AvgIpc) is 3.05. The highest BCUT2D eigenvalue weighted by Gasteiger charge is 2.27. The van der Waals surface area contributed by atoms with Crippen LogP contribution in [0.2, 0.25) is 5.02 Å². The highest BCUT2D eigenvalue weighted by Crippen LogP contribution is 2.30. The van der Waals surface area contributed by atoms with Crippen molar-refractivity contribution in [1.29, 1.82) is 5.26 Å². The first kappa shape index (κ1) is 13.0. The van der Waals surface area contributed by atoms with Crippen LogP contribution in [0.3, 0.4) is 0 Å². The van der Waals surface area contributed by atoms with Crippen LogP contribution in [0.5, 0.6) is 0 Å². The molecular weight excluding hydrogens is 278 g/mol. The number of aromatic nitrogens is 1. The number of aliphatic hydroxyl groups is 1. The zero-order chi connectivity index (χ0) is 14.1. The van der Waals surface area contributed by atoms with Crippen LogP contribution in [0.25, 0.3) is 11.5 Å². The highest BCUT2D eigenvalue weighted by molar-refractivity contribution is 6.30. The van der Waals surface area contributed by atoms with Crippen molar-refractivity contribution in [3.63, 3.8) is 0 Å². The van der Waals surface area contributed by atoms with Crippen molar-refractivity contribution in [2.75, 3.05) is 18.0 Å². The van der Waals surface area contributed by atoms with Gasteiger partial charge in [0.2, 0.25) is 17.5 Å². The van der Waals surface area contributed by atoms with E-state index < -0.39 is 0 Å². The summed E-state index contributed by atoms with van der Waals surface area (Å²) in [5.74, 6) is 0.809. The van der Waals surface area contributed by atoms with Crippen molar-refractivity contribution in [3.8, 4) is 17.5 Å². The van der Waals surface area contributed by atoms with Gasteiger partial charge in [0.25, 0.3) is 0 Å². The van der Waals surface area contributed by atoms with Gasteiger partial charge in [-0.05, 0) is 30.7 Å². The van der Waals surface area contributed by atoms with Crippen LogP contribution in [-0.4, -0.2) is 29.3 Å². The van der Waals surface area contributed by atoms with Crippen molar-refractivity contribution in [3.05, 3.63) is 35.0 Å². The molecule has 0 saturated carbocycles. The summed E-state index contributed by atoms with van der Waals surface area (Å²) in [6, 6.07) is 9.10. The van der Waals surface area contributed by atoms with E-state index in [0.717, 1.165) is 5.56 Å². The maximum absolute atomic E-state index is 9.58. The Morgan fingerprint density at radius 3 is 2.75 bits per heavy atom. The van der Waals surface area contributed by atoms with Crippen LogP contribution in [-0.2, 0) is 0 Å². The van der Waals surface area contributed by atoms with Gasteiger partial charge < -0.3 is 14.4 Å². The number of oxazole rings is 1. The fraction of sp³-hybridized carbons (Fsp3) is 0.286. The van der Waals surface area contributed by atoms with Crippen LogP contribution in [0.15, 0.2) is 28.7 Å². The highest BCUT2D eigenvalue weighted by atomic mass is 35.5. The Morgan fingerprint density at radius 2 is 2.15 bits per heavy atom. The maximum Gasteiger partial charge on any atom is 0.235 e. The smallest absolute Gasteiger partial charge is 0.235 e. The van der Waals surface area contributed by atoms with Crippen molar-refractivity contribution in [1.82, 2.24) is 4.98 Å².